The molecule has 2 heterocycles. The fourth-order valence-electron chi connectivity index (χ4n) is 5.23. The van der Waals surface area contributed by atoms with Crippen LogP contribution in [0.4, 0.5) is 0 Å². The summed E-state index contributed by atoms with van der Waals surface area (Å²) in [7, 11) is 0. The second-order valence-corrected chi connectivity index (χ2v) is 10.8. The lowest BCUT2D eigenvalue weighted by Crippen LogP contribution is -2.33. The van der Waals surface area contributed by atoms with Crippen LogP contribution in [0.1, 0.15) is 102 Å². The first-order valence-corrected chi connectivity index (χ1v) is 12.0. The largest absolute Gasteiger partial charge is 0.420 e. The number of likely N-dealkylation sites (tertiary alicyclic amines) is 1. The third kappa shape index (κ3) is 4.34. The van der Waals surface area contributed by atoms with E-state index in [1.54, 1.807) is 0 Å². The number of nitrogens with zero attached hydrogens (tertiary/aromatic N) is 3. The standard InChI is InChI=1S/C26H39N3O/c1-6-7-8-15-29-16-11-19(12-17-29)23-27-28-24(30-23)20-9-10-21-22(18-20)26(4,5)14-13-25(21,2)3/h9-10,18-19H,6-8,11-17H2,1-5H3. The second kappa shape index (κ2) is 8.45. The summed E-state index contributed by atoms with van der Waals surface area (Å²) in [6, 6.07) is 6.78. The lowest BCUT2D eigenvalue weighted by molar-refractivity contribution is 0.197. The highest BCUT2D eigenvalue weighted by Crippen LogP contribution is 2.46. The van der Waals surface area contributed by atoms with Crippen LogP contribution in [0.15, 0.2) is 22.6 Å². The van der Waals surface area contributed by atoms with Gasteiger partial charge in [-0.3, -0.25) is 0 Å². The molecular weight excluding hydrogens is 370 g/mol. The van der Waals surface area contributed by atoms with Crippen molar-refractivity contribution in [1.29, 1.82) is 0 Å². The van der Waals surface area contributed by atoms with Crippen LogP contribution in [0.5, 0.6) is 0 Å². The van der Waals surface area contributed by atoms with Crippen molar-refractivity contribution in [1.82, 2.24) is 15.1 Å². The summed E-state index contributed by atoms with van der Waals surface area (Å²) in [6.07, 6.45) is 8.63. The van der Waals surface area contributed by atoms with Crippen molar-refractivity contribution in [2.75, 3.05) is 19.6 Å². The van der Waals surface area contributed by atoms with Crippen molar-refractivity contribution < 1.29 is 4.42 Å². The van der Waals surface area contributed by atoms with Gasteiger partial charge in [-0.05, 0) is 85.8 Å². The Morgan fingerprint density at radius 3 is 2.37 bits per heavy atom. The molecule has 2 aliphatic rings. The fraction of sp³-hybridized carbons (Fsp3) is 0.692. The van der Waals surface area contributed by atoms with Gasteiger partial charge in [-0.15, -0.1) is 10.2 Å². The predicted molar refractivity (Wildman–Crippen MR) is 123 cm³/mol. The maximum Gasteiger partial charge on any atom is 0.247 e. The highest BCUT2D eigenvalue weighted by atomic mass is 16.4. The summed E-state index contributed by atoms with van der Waals surface area (Å²) in [5, 5.41) is 8.90. The molecule has 1 saturated heterocycles. The van der Waals surface area contributed by atoms with Crippen LogP contribution in [-0.2, 0) is 10.8 Å². The number of fused-ring (bicyclic) bond motifs is 1. The molecular formula is C26H39N3O. The molecule has 1 fully saturated rings. The molecule has 0 unspecified atom stereocenters. The SMILES string of the molecule is CCCCCN1CCC(c2nnc(-c3ccc4c(c3)C(C)(C)CCC4(C)C)o2)CC1. The summed E-state index contributed by atoms with van der Waals surface area (Å²) in [6.45, 7) is 15.2. The molecule has 0 atom stereocenters. The van der Waals surface area contributed by atoms with Crippen LogP contribution in [0.2, 0.25) is 0 Å². The van der Waals surface area contributed by atoms with Crippen molar-refractivity contribution in [2.45, 2.75) is 96.3 Å². The summed E-state index contributed by atoms with van der Waals surface area (Å²) < 4.78 is 6.21. The van der Waals surface area contributed by atoms with Crippen molar-refractivity contribution in [3.63, 3.8) is 0 Å². The zero-order chi connectivity index (χ0) is 21.4. The van der Waals surface area contributed by atoms with E-state index in [9.17, 15) is 0 Å². The molecule has 0 saturated carbocycles. The van der Waals surface area contributed by atoms with Gasteiger partial charge in [0.25, 0.3) is 0 Å². The van der Waals surface area contributed by atoms with E-state index in [4.69, 9.17) is 4.42 Å². The Balaban J connectivity index is 1.48. The Kier molecular flexibility index (Phi) is 6.07. The molecule has 164 valence electrons. The molecule has 4 heteroatoms. The summed E-state index contributed by atoms with van der Waals surface area (Å²) in [5.41, 5.74) is 4.40. The molecule has 0 radical (unpaired) electrons. The highest BCUT2D eigenvalue weighted by Gasteiger charge is 2.37. The van der Waals surface area contributed by atoms with E-state index in [0.717, 1.165) is 37.4 Å². The summed E-state index contributed by atoms with van der Waals surface area (Å²) >= 11 is 0. The van der Waals surface area contributed by atoms with Gasteiger partial charge in [-0.1, -0.05) is 53.5 Å². The van der Waals surface area contributed by atoms with Crippen molar-refractivity contribution in [3.8, 4) is 11.5 Å². The molecule has 1 aromatic heterocycles. The minimum Gasteiger partial charge on any atom is -0.420 e. The second-order valence-electron chi connectivity index (χ2n) is 10.8. The van der Waals surface area contributed by atoms with Gasteiger partial charge >= 0.3 is 0 Å². The molecule has 0 N–H and O–H groups in total. The third-order valence-electron chi connectivity index (χ3n) is 7.56. The summed E-state index contributed by atoms with van der Waals surface area (Å²) in [5.74, 6) is 1.91. The van der Waals surface area contributed by atoms with Gasteiger partial charge in [0.15, 0.2) is 0 Å². The van der Waals surface area contributed by atoms with E-state index in [0.29, 0.717) is 11.8 Å². The summed E-state index contributed by atoms with van der Waals surface area (Å²) in [4.78, 5) is 2.59. The molecule has 1 aromatic carbocycles. The maximum absolute atomic E-state index is 6.21. The first-order valence-electron chi connectivity index (χ1n) is 12.0. The molecule has 0 amide bonds. The first kappa shape index (κ1) is 21.5. The monoisotopic (exact) mass is 409 g/mol. The number of benzene rings is 1. The van der Waals surface area contributed by atoms with Crippen LogP contribution >= 0.6 is 0 Å². The van der Waals surface area contributed by atoms with Crippen LogP contribution in [0, 0.1) is 0 Å². The average molecular weight is 410 g/mol. The predicted octanol–water partition coefficient (Wildman–Crippen LogP) is 6.46. The Bertz CT molecular complexity index is 859. The first-order chi connectivity index (χ1) is 14.3. The van der Waals surface area contributed by atoms with Crippen molar-refractivity contribution in [3.05, 3.63) is 35.2 Å². The van der Waals surface area contributed by atoms with Gasteiger partial charge in [0.2, 0.25) is 11.8 Å². The molecule has 2 aromatic rings. The van der Waals surface area contributed by atoms with E-state index in [1.165, 1.54) is 49.8 Å². The lowest BCUT2D eigenvalue weighted by Gasteiger charge is -2.41. The molecule has 0 spiro atoms. The van der Waals surface area contributed by atoms with Crippen LogP contribution < -0.4 is 0 Å². The normalized spacial score (nSPS) is 21.5. The highest BCUT2D eigenvalue weighted by molar-refractivity contribution is 5.58. The number of piperidine rings is 1. The fourth-order valence-corrected chi connectivity index (χ4v) is 5.23. The molecule has 0 bridgehead atoms. The zero-order valence-corrected chi connectivity index (χ0v) is 19.6. The molecule has 1 aliphatic heterocycles. The zero-order valence-electron chi connectivity index (χ0n) is 19.6. The van der Waals surface area contributed by atoms with E-state index in [1.807, 2.05) is 0 Å². The number of rotatable bonds is 6. The number of hydrogen-bond acceptors (Lipinski definition) is 4. The third-order valence-corrected chi connectivity index (χ3v) is 7.56. The van der Waals surface area contributed by atoms with Gasteiger partial charge in [0, 0.05) is 11.5 Å². The van der Waals surface area contributed by atoms with E-state index in [2.05, 4.69) is 67.9 Å². The van der Waals surface area contributed by atoms with Crippen LogP contribution in [-0.4, -0.2) is 34.7 Å². The van der Waals surface area contributed by atoms with Gasteiger partial charge in [0.1, 0.15) is 0 Å². The molecule has 30 heavy (non-hydrogen) atoms. The smallest absolute Gasteiger partial charge is 0.247 e. The van der Waals surface area contributed by atoms with Gasteiger partial charge in [-0.25, -0.2) is 0 Å². The number of unbranched alkanes of at least 4 members (excludes halogenated alkanes) is 2. The Hall–Kier alpha value is -1.68. The van der Waals surface area contributed by atoms with E-state index in [-0.39, 0.29) is 10.8 Å². The molecule has 4 rings (SSSR count). The van der Waals surface area contributed by atoms with Gasteiger partial charge in [0.05, 0.1) is 0 Å². The quantitative estimate of drug-likeness (QED) is 0.514. The Labute approximate surface area is 182 Å². The van der Waals surface area contributed by atoms with Gasteiger partial charge in [-0.2, -0.15) is 0 Å². The minimum atomic E-state index is 0.189. The molecule has 4 nitrogen and oxygen atoms in total. The Morgan fingerprint density at radius 1 is 0.967 bits per heavy atom. The molecule has 1 aliphatic carbocycles. The minimum absolute atomic E-state index is 0.189. The Morgan fingerprint density at radius 2 is 1.67 bits per heavy atom. The van der Waals surface area contributed by atoms with Crippen LogP contribution in [0.25, 0.3) is 11.5 Å². The van der Waals surface area contributed by atoms with Crippen LogP contribution in [0.3, 0.4) is 0 Å². The number of aromatic nitrogens is 2. The lowest BCUT2D eigenvalue weighted by atomic mass is 9.63. The van der Waals surface area contributed by atoms with Crippen molar-refractivity contribution in [2.24, 2.45) is 0 Å². The van der Waals surface area contributed by atoms with E-state index < -0.39 is 0 Å². The van der Waals surface area contributed by atoms with Crippen molar-refractivity contribution >= 4 is 0 Å². The number of hydrogen-bond donors (Lipinski definition) is 0. The average Bonchev–Trinajstić information content (AvgIpc) is 3.22. The maximum atomic E-state index is 6.21. The topological polar surface area (TPSA) is 42.2 Å². The van der Waals surface area contributed by atoms with Gasteiger partial charge < -0.3 is 9.32 Å². The van der Waals surface area contributed by atoms with E-state index >= 15 is 0 Å².